The van der Waals surface area contributed by atoms with Crippen molar-refractivity contribution < 1.29 is 20.1 Å². The summed E-state index contributed by atoms with van der Waals surface area (Å²) in [4.78, 5) is 19.6. The maximum Gasteiger partial charge on any atom is 0.335 e. The fourth-order valence-corrected chi connectivity index (χ4v) is 1.99. The van der Waals surface area contributed by atoms with Gasteiger partial charge < -0.3 is 15.3 Å². The van der Waals surface area contributed by atoms with Crippen LogP contribution in [0.5, 0.6) is 0 Å². The molecule has 0 spiro atoms. The van der Waals surface area contributed by atoms with Gasteiger partial charge in [-0.25, -0.2) is 14.8 Å². The van der Waals surface area contributed by atoms with Crippen LogP contribution in [-0.4, -0.2) is 31.3 Å². The van der Waals surface area contributed by atoms with Crippen LogP contribution in [0.2, 0.25) is 0 Å². The summed E-state index contributed by atoms with van der Waals surface area (Å²) >= 11 is 0. The van der Waals surface area contributed by atoms with Crippen molar-refractivity contribution in [2.24, 2.45) is 0 Å². The molecule has 100 valence electrons. The second-order valence-corrected chi connectivity index (χ2v) is 4.35. The molecule has 0 unspecified atom stereocenters. The lowest BCUT2D eigenvalue weighted by atomic mass is 10.1. The maximum absolute atomic E-state index is 10.9. The van der Waals surface area contributed by atoms with Crippen LogP contribution in [-0.2, 0) is 0 Å². The zero-order chi connectivity index (χ0) is 14.3. The highest BCUT2D eigenvalue weighted by molar-refractivity contribution is 5.94. The van der Waals surface area contributed by atoms with Gasteiger partial charge in [-0.05, 0) is 30.3 Å². The summed E-state index contributed by atoms with van der Waals surface area (Å²) in [6.45, 7) is 0. The molecule has 3 aromatic rings. The normalized spacial score (nSPS) is 11.3. The summed E-state index contributed by atoms with van der Waals surface area (Å²) in [6.07, 6.45) is -1.56. The zero-order valence-electron chi connectivity index (χ0n) is 10.2. The fourth-order valence-electron chi connectivity index (χ4n) is 1.99. The summed E-state index contributed by atoms with van der Waals surface area (Å²) in [7, 11) is 0. The quantitative estimate of drug-likeness (QED) is 0.481. The molecule has 3 N–H and O–H groups in total. The van der Waals surface area contributed by atoms with Gasteiger partial charge >= 0.3 is 5.97 Å². The largest absolute Gasteiger partial charge is 0.478 e. The summed E-state index contributed by atoms with van der Waals surface area (Å²) in [5.74, 6) is -1.02. The lowest BCUT2D eigenvalue weighted by molar-refractivity contribution is -0.0424. The highest BCUT2D eigenvalue weighted by atomic mass is 16.5. The number of aromatic carboxylic acids is 1. The Hall–Kier alpha value is -2.57. The zero-order valence-corrected chi connectivity index (χ0v) is 10.2. The number of carbonyl (C=O) groups is 1. The third kappa shape index (κ3) is 2.07. The van der Waals surface area contributed by atoms with Crippen LogP contribution in [0.25, 0.3) is 22.1 Å². The van der Waals surface area contributed by atoms with E-state index in [1.54, 1.807) is 12.1 Å². The molecule has 0 saturated heterocycles. The van der Waals surface area contributed by atoms with Crippen LogP contribution >= 0.6 is 0 Å². The Labute approximate surface area is 113 Å². The molecule has 1 aromatic heterocycles. The van der Waals surface area contributed by atoms with E-state index >= 15 is 0 Å². The Kier molecular flexibility index (Phi) is 2.81. The topological polar surface area (TPSA) is 104 Å². The molecule has 6 nitrogen and oxygen atoms in total. The van der Waals surface area contributed by atoms with E-state index < -0.39 is 12.3 Å². The fraction of sp³-hybridized carbons (Fsp3) is 0.0714. The summed E-state index contributed by atoms with van der Waals surface area (Å²) in [5, 5.41) is 27.2. The number of carboxylic acids is 1. The molecule has 20 heavy (non-hydrogen) atoms. The third-order valence-corrected chi connectivity index (χ3v) is 3.00. The highest BCUT2D eigenvalue weighted by Gasteiger charge is 2.09. The first kappa shape index (κ1) is 12.5. The molecular formula is C14H10N2O4. The van der Waals surface area contributed by atoms with Crippen LogP contribution in [0.3, 0.4) is 0 Å². The molecule has 2 aromatic carbocycles. The van der Waals surface area contributed by atoms with Gasteiger partial charge in [0.15, 0.2) is 6.29 Å². The van der Waals surface area contributed by atoms with Crippen molar-refractivity contribution in [3.8, 4) is 0 Å². The van der Waals surface area contributed by atoms with Crippen molar-refractivity contribution in [1.29, 1.82) is 0 Å². The number of hydrogen-bond acceptors (Lipinski definition) is 5. The number of hydrogen-bond donors (Lipinski definition) is 3. The monoisotopic (exact) mass is 270 g/mol. The Morgan fingerprint density at radius 1 is 0.900 bits per heavy atom. The Morgan fingerprint density at radius 2 is 1.50 bits per heavy atom. The van der Waals surface area contributed by atoms with Crippen molar-refractivity contribution in [3.05, 3.63) is 47.5 Å². The lowest BCUT2D eigenvalue weighted by Gasteiger charge is -2.06. The van der Waals surface area contributed by atoms with E-state index in [1.165, 1.54) is 24.3 Å². The van der Waals surface area contributed by atoms with Gasteiger partial charge in [-0.15, -0.1) is 0 Å². The van der Waals surface area contributed by atoms with E-state index in [1.807, 2.05) is 0 Å². The second-order valence-electron chi connectivity index (χ2n) is 4.35. The van der Waals surface area contributed by atoms with Crippen molar-refractivity contribution in [2.45, 2.75) is 6.29 Å². The molecular weight excluding hydrogens is 260 g/mol. The van der Waals surface area contributed by atoms with Gasteiger partial charge in [0.1, 0.15) is 0 Å². The third-order valence-electron chi connectivity index (χ3n) is 3.00. The minimum absolute atomic E-state index is 0.147. The molecule has 3 rings (SSSR count). The predicted octanol–water partition coefficient (Wildman–Crippen LogP) is 1.46. The van der Waals surface area contributed by atoms with Crippen molar-refractivity contribution >= 4 is 28.0 Å². The van der Waals surface area contributed by atoms with Gasteiger partial charge in [-0.1, -0.05) is 6.07 Å². The first-order chi connectivity index (χ1) is 9.54. The molecule has 0 atom stereocenters. The number of rotatable bonds is 2. The predicted molar refractivity (Wildman–Crippen MR) is 71.2 cm³/mol. The SMILES string of the molecule is O=C(O)c1ccc2nc3cc(C(O)O)ccc3nc2c1. The number of aliphatic hydroxyl groups excluding tert-OH is 1. The number of nitrogens with zero attached hydrogens (tertiary/aromatic N) is 2. The van der Waals surface area contributed by atoms with Gasteiger partial charge in [0.2, 0.25) is 0 Å². The minimum atomic E-state index is -1.56. The maximum atomic E-state index is 10.9. The Balaban J connectivity index is 2.25. The molecule has 6 heteroatoms. The summed E-state index contributed by atoms with van der Waals surface area (Å²) in [6, 6.07) is 9.18. The Morgan fingerprint density at radius 3 is 2.10 bits per heavy atom. The average molecular weight is 270 g/mol. The van der Waals surface area contributed by atoms with Crippen molar-refractivity contribution in [2.75, 3.05) is 0 Å². The van der Waals surface area contributed by atoms with Crippen LogP contribution in [0.15, 0.2) is 36.4 Å². The number of aromatic nitrogens is 2. The van der Waals surface area contributed by atoms with Gasteiger partial charge in [0.05, 0.1) is 27.6 Å². The van der Waals surface area contributed by atoms with E-state index in [2.05, 4.69) is 9.97 Å². The standard InChI is InChI=1S/C14H10N2O4/c17-13(18)7-1-3-9-11(5-7)16-10-4-2-8(14(19)20)6-12(10)15-9/h1-6,13,17-18H,(H,19,20). The van der Waals surface area contributed by atoms with E-state index in [-0.39, 0.29) is 5.56 Å². The van der Waals surface area contributed by atoms with Crippen LogP contribution in [0.1, 0.15) is 22.2 Å². The van der Waals surface area contributed by atoms with Crippen molar-refractivity contribution in [1.82, 2.24) is 9.97 Å². The number of fused-ring (bicyclic) bond motifs is 2. The second kappa shape index (κ2) is 4.52. The van der Waals surface area contributed by atoms with Crippen molar-refractivity contribution in [3.63, 3.8) is 0 Å². The van der Waals surface area contributed by atoms with Crippen LogP contribution in [0.4, 0.5) is 0 Å². The van der Waals surface area contributed by atoms with E-state index in [0.29, 0.717) is 27.6 Å². The number of carboxylic acid groups (broad SMARTS) is 1. The first-order valence-electron chi connectivity index (χ1n) is 5.85. The van der Waals surface area contributed by atoms with E-state index in [0.717, 1.165) is 0 Å². The smallest absolute Gasteiger partial charge is 0.335 e. The van der Waals surface area contributed by atoms with Gasteiger partial charge in [-0.3, -0.25) is 0 Å². The average Bonchev–Trinajstić information content (AvgIpc) is 2.43. The van der Waals surface area contributed by atoms with Gasteiger partial charge in [0.25, 0.3) is 0 Å². The van der Waals surface area contributed by atoms with E-state index in [4.69, 9.17) is 15.3 Å². The highest BCUT2D eigenvalue weighted by Crippen LogP contribution is 2.20. The molecule has 0 bridgehead atoms. The molecule has 0 aliphatic rings. The molecule has 0 radical (unpaired) electrons. The lowest BCUT2D eigenvalue weighted by Crippen LogP contribution is -1.98. The summed E-state index contributed by atoms with van der Waals surface area (Å²) in [5.41, 5.74) is 2.58. The Bertz CT molecular complexity index is 830. The molecule has 0 aliphatic heterocycles. The molecule has 0 aliphatic carbocycles. The van der Waals surface area contributed by atoms with Gasteiger partial charge in [0, 0.05) is 5.56 Å². The van der Waals surface area contributed by atoms with E-state index in [9.17, 15) is 4.79 Å². The summed E-state index contributed by atoms with van der Waals surface area (Å²) < 4.78 is 0. The molecule has 1 heterocycles. The first-order valence-corrected chi connectivity index (χ1v) is 5.85. The molecule has 0 saturated carbocycles. The minimum Gasteiger partial charge on any atom is -0.478 e. The van der Waals surface area contributed by atoms with Crippen LogP contribution < -0.4 is 0 Å². The number of benzene rings is 2. The van der Waals surface area contributed by atoms with Gasteiger partial charge in [-0.2, -0.15) is 0 Å². The molecule has 0 fully saturated rings. The number of aliphatic hydroxyl groups is 2. The molecule has 0 amide bonds. The van der Waals surface area contributed by atoms with Crippen LogP contribution in [0, 0.1) is 0 Å².